The van der Waals surface area contributed by atoms with E-state index in [9.17, 15) is 4.79 Å². The minimum Gasteiger partial charge on any atom is -0.383 e. The van der Waals surface area contributed by atoms with Crippen LogP contribution >= 0.6 is 23.4 Å². The Bertz CT molecular complexity index is 951. The Morgan fingerprint density at radius 2 is 1.72 bits per heavy atom. The topological polar surface area (TPSA) is 31.2 Å². The molecule has 0 N–H and O–H groups in total. The molecule has 0 aliphatic heterocycles. The SMILES string of the molecule is COCCn1c(C)cc(C(=O)CS[C@H](c2ccccc2)c2ccc(Cl)cc2)c1C. The van der Waals surface area contributed by atoms with Crippen molar-refractivity contribution < 1.29 is 9.53 Å². The Morgan fingerprint density at radius 3 is 2.38 bits per heavy atom. The zero-order valence-corrected chi connectivity index (χ0v) is 18.6. The van der Waals surface area contributed by atoms with Crippen LogP contribution < -0.4 is 0 Å². The van der Waals surface area contributed by atoms with E-state index in [2.05, 4.69) is 16.7 Å². The third kappa shape index (κ3) is 5.33. The minimum absolute atomic E-state index is 0.0781. The van der Waals surface area contributed by atoms with Crippen LogP contribution in [-0.4, -0.2) is 29.8 Å². The summed E-state index contributed by atoms with van der Waals surface area (Å²) in [5.74, 6) is 0.568. The molecular formula is C24H26ClNO2S. The van der Waals surface area contributed by atoms with Gasteiger partial charge >= 0.3 is 0 Å². The molecule has 0 aliphatic rings. The second-order valence-corrected chi connectivity index (χ2v) is 8.54. The van der Waals surface area contributed by atoms with Crippen LogP contribution in [0, 0.1) is 13.8 Å². The molecule has 1 heterocycles. The number of methoxy groups -OCH3 is 1. The molecular weight excluding hydrogens is 402 g/mol. The highest BCUT2D eigenvalue weighted by Crippen LogP contribution is 2.36. The van der Waals surface area contributed by atoms with Crippen LogP contribution in [-0.2, 0) is 11.3 Å². The average Bonchev–Trinajstić information content (AvgIpc) is 3.02. The highest BCUT2D eigenvalue weighted by atomic mass is 35.5. The standard InChI is InChI=1S/C24H26ClNO2S/c1-17-15-22(18(2)26(17)13-14-28-3)23(27)16-29-24(19-7-5-4-6-8-19)20-9-11-21(25)12-10-20/h4-12,15,24H,13-14,16H2,1-3H3/t24-/m1/s1. The lowest BCUT2D eigenvalue weighted by molar-refractivity contribution is 0.102. The molecule has 0 radical (unpaired) electrons. The van der Waals surface area contributed by atoms with Gasteiger partial charge in [-0.15, -0.1) is 11.8 Å². The molecule has 0 spiro atoms. The molecule has 29 heavy (non-hydrogen) atoms. The second-order valence-electron chi connectivity index (χ2n) is 7.01. The van der Waals surface area contributed by atoms with Crippen LogP contribution in [0.15, 0.2) is 60.7 Å². The number of hydrogen-bond acceptors (Lipinski definition) is 3. The van der Waals surface area contributed by atoms with Gasteiger partial charge in [0.15, 0.2) is 5.78 Å². The lowest BCUT2D eigenvalue weighted by atomic mass is 10.0. The molecule has 0 bridgehead atoms. The van der Waals surface area contributed by atoms with Crippen LogP contribution in [0.3, 0.4) is 0 Å². The summed E-state index contributed by atoms with van der Waals surface area (Å²) in [5, 5.41) is 0.791. The Balaban J connectivity index is 1.79. The molecule has 0 saturated heterocycles. The van der Waals surface area contributed by atoms with Crippen molar-refractivity contribution in [2.75, 3.05) is 19.5 Å². The fourth-order valence-corrected chi connectivity index (χ4v) is 4.80. The number of hydrogen-bond donors (Lipinski definition) is 0. The fraction of sp³-hybridized carbons (Fsp3) is 0.292. The zero-order chi connectivity index (χ0) is 20.8. The molecule has 0 unspecified atom stereocenters. The van der Waals surface area contributed by atoms with Crippen molar-refractivity contribution >= 4 is 29.1 Å². The van der Waals surface area contributed by atoms with Gasteiger partial charge in [0.1, 0.15) is 0 Å². The number of ketones is 1. The monoisotopic (exact) mass is 427 g/mol. The Kier molecular flexibility index (Phi) is 7.59. The van der Waals surface area contributed by atoms with Gasteiger partial charge in [-0.3, -0.25) is 4.79 Å². The molecule has 2 aromatic carbocycles. The maximum Gasteiger partial charge on any atom is 0.174 e. The number of halogens is 1. The predicted molar refractivity (Wildman–Crippen MR) is 122 cm³/mol. The van der Waals surface area contributed by atoms with Crippen LogP contribution in [0.4, 0.5) is 0 Å². The number of carbonyl (C=O) groups is 1. The van der Waals surface area contributed by atoms with Crippen molar-refractivity contribution in [3.8, 4) is 0 Å². The van der Waals surface area contributed by atoms with E-state index in [0.717, 1.165) is 29.1 Å². The number of ether oxygens (including phenoxy) is 1. The lowest BCUT2D eigenvalue weighted by Crippen LogP contribution is -2.10. The quantitative estimate of drug-likeness (QED) is 0.386. The number of nitrogens with zero attached hydrogens (tertiary/aromatic N) is 1. The molecule has 3 aromatic rings. The molecule has 0 amide bonds. The van der Waals surface area contributed by atoms with Crippen molar-refractivity contribution in [3.63, 3.8) is 0 Å². The first-order chi connectivity index (χ1) is 14.0. The van der Waals surface area contributed by atoms with Crippen molar-refractivity contribution in [1.82, 2.24) is 4.57 Å². The van der Waals surface area contributed by atoms with E-state index in [1.165, 1.54) is 5.56 Å². The molecule has 3 nitrogen and oxygen atoms in total. The average molecular weight is 428 g/mol. The summed E-state index contributed by atoms with van der Waals surface area (Å²) in [7, 11) is 1.69. The van der Waals surface area contributed by atoms with Gasteiger partial charge < -0.3 is 9.30 Å². The summed E-state index contributed by atoms with van der Waals surface area (Å²) in [4.78, 5) is 13.0. The van der Waals surface area contributed by atoms with Gasteiger partial charge in [0.25, 0.3) is 0 Å². The van der Waals surface area contributed by atoms with Gasteiger partial charge in [-0.05, 0) is 43.2 Å². The van der Waals surface area contributed by atoms with Crippen LogP contribution in [0.2, 0.25) is 5.02 Å². The first kappa shape index (κ1) is 21.7. The summed E-state index contributed by atoms with van der Waals surface area (Å²) in [5.41, 5.74) is 5.22. The lowest BCUT2D eigenvalue weighted by Gasteiger charge is -2.17. The van der Waals surface area contributed by atoms with E-state index in [4.69, 9.17) is 16.3 Å². The Labute approximate surface area is 182 Å². The number of rotatable bonds is 9. The predicted octanol–water partition coefficient (Wildman–Crippen LogP) is 6.11. The maximum atomic E-state index is 13.0. The highest BCUT2D eigenvalue weighted by Gasteiger charge is 2.20. The number of aryl methyl sites for hydroxylation is 1. The summed E-state index contributed by atoms with van der Waals surface area (Å²) < 4.78 is 7.34. The van der Waals surface area contributed by atoms with Gasteiger partial charge in [0.2, 0.25) is 0 Å². The number of carbonyl (C=O) groups excluding carboxylic acids is 1. The van der Waals surface area contributed by atoms with E-state index >= 15 is 0 Å². The second kappa shape index (κ2) is 10.1. The minimum atomic E-state index is 0.0781. The van der Waals surface area contributed by atoms with Crippen molar-refractivity contribution in [1.29, 1.82) is 0 Å². The molecule has 0 saturated carbocycles. The third-order valence-electron chi connectivity index (χ3n) is 5.05. The number of benzene rings is 2. The summed E-state index contributed by atoms with van der Waals surface area (Å²) in [6.45, 7) is 5.43. The smallest absolute Gasteiger partial charge is 0.174 e. The number of thioether (sulfide) groups is 1. The first-order valence-electron chi connectivity index (χ1n) is 9.62. The molecule has 5 heteroatoms. The molecule has 1 aromatic heterocycles. The largest absolute Gasteiger partial charge is 0.383 e. The Hall–Kier alpha value is -2.01. The molecule has 0 aliphatic carbocycles. The van der Waals surface area contributed by atoms with Crippen LogP contribution in [0.1, 0.15) is 38.1 Å². The van der Waals surface area contributed by atoms with Gasteiger partial charge in [-0.1, -0.05) is 54.1 Å². The summed E-state index contributed by atoms with van der Waals surface area (Å²) in [6.07, 6.45) is 0. The van der Waals surface area contributed by atoms with Gasteiger partial charge in [0, 0.05) is 35.6 Å². The molecule has 0 fully saturated rings. The van der Waals surface area contributed by atoms with Crippen LogP contribution in [0.25, 0.3) is 0 Å². The van der Waals surface area contributed by atoms with E-state index in [0.29, 0.717) is 17.4 Å². The van der Waals surface area contributed by atoms with E-state index in [-0.39, 0.29) is 11.0 Å². The van der Waals surface area contributed by atoms with Crippen molar-refractivity contribution in [2.24, 2.45) is 0 Å². The van der Waals surface area contributed by atoms with E-state index in [1.807, 2.05) is 62.4 Å². The van der Waals surface area contributed by atoms with E-state index in [1.54, 1.807) is 18.9 Å². The molecule has 1 atom stereocenters. The fourth-order valence-electron chi connectivity index (χ4n) is 3.50. The van der Waals surface area contributed by atoms with Gasteiger partial charge in [-0.25, -0.2) is 0 Å². The zero-order valence-electron chi connectivity index (χ0n) is 17.0. The van der Waals surface area contributed by atoms with Crippen molar-refractivity contribution in [2.45, 2.75) is 25.6 Å². The summed E-state index contributed by atoms with van der Waals surface area (Å²) >= 11 is 7.72. The highest BCUT2D eigenvalue weighted by molar-refractivity contribution is 8.00. The van der Waals surface area contributed by atoms with Crippen LogP contribution in [0.5, 0.6) is 0 Å². The Morgan fingerprint density at radius 1 is 1.07 bits per heavy atom. The van der Waals surface area contributed by atoms with E-state index < -0.39 is 0 Å². The molecule has 152 valence electrons. The first-order valence-corrected chi connectivity index (χ1v) is 11.0. The number of aromatic nitrogens is 1. The third-order valence-corrected chi connectivity index (χ3v) is 6.61. The van der Waals surface area contributed by atoms with Gasteiger partial charge in [-0.2, -0.15) is 0 Å². The maximum absolute atomic E-state index is 13.0. The normalized spacial score (nSPS) is 12.1. The number of Topliss-reactive ketones (excluding diaryl/α,β-unsaturated/α-hetero) is 1. The summed E-state index contributed by atoms with van der Waals surface area (Å²) in [6, 6.07) is 20.1. The van der Waals surface area contributed by atoms with Gasteiger partial charge in [0.05, 0.1) is 17.6 Å². The molecule has 3 rings (SSSR count). The van der Waals surface area contributed by atoms with Crippen molar-refractivity contribution in [3.05, 3.63) is 93.8 Å².